The van der Waals surface area contributed by atoms with Gasteiger partial charge in [-0.25, -0.2) is 19.9 Å². The predicted octanol–water partition coefficient (Wildman–Crippen LogP) is 12.4. The third-order valence-corrected chi connectivity index (χ3v) is 11.4. The molecular formula is C52H32N8. The Kier molecular flexibility index (Phi) is 7.67. The zero-order valence-corrected chi connectivity index (χ0v) is 32.1. The van der Waals surface area contributed by atoms with Crippen LogP contribution in [0, 0.1) is 0 Å². The Morgan fingerprint density at radius 2 is 0.983 bits per heavy atom. The number of nitrogens with zero attached hydrogens (tertiary/aromatic N) is 8. The molecule has 0 atom stereocenters. The third kappa shape index (κ3) is 5.39. The van der Waals surface area contributed by atoms with E-state index in [1.165, 1.54) is 0 Å². The van der Waals surface area contributed by atoms with Crippen molar-refractivity contribution in [2.24, 2.45) is 0 Å². The first-order chi connectivity index (χ1) is 29.8. The number of pyridine rings is 2. The van der Waals surface area contributed by atoms with Gasteiger partial charge >= 0.3 is 0 Å². The largest absolute Gasteiger partial charge is 0.278 e. The van der Waals surface area contributed by atoms with Crippen molar-refractivity contribution in [1.82, 2.24) is 34.5 Å². The van der Waals surface area contributed by atoms with Crippen LogP contribution in [0.4, 0.5) is 17.3 Å². The summed E-state index contributed by atoms with van der Waals surface area (Å²) in [6.45, 7) is 0. The van der Waals surface area contributed by atoms with E-state index in [0.29, 0.717) is 11.9 Å². The van der Waals surface area contributed by atoms with Gasteiger partial charge in [-0.1, -0.05) is 103 Å². The molecule has 6 heterocycles. The molecule has 11 aromatic rings. The Bertz CT molecular complexity index is 3420. The van der Waals surface area contributed by atoms with Crippen molar-refractivity contribution >= 4 is 49.9 Å². The Balaban J connectivity index is 1.18. The molecule has 12 rings (SSSR count). The summed E-state index contributed by atoms with van der Waals surface area (Å²) in [6, 6.07) is 58.5. The lowest BCUT2D eigenvalue weighted by Gasteiger charge is -2.32. The fraction of sp³-hybridized carbons (Fsp3) is 0. The molecule has 6 aromatic carbocycles. The highest BCUT2D eigenvalue weighted by Crippen LogP contribution is 2.53. The summed E-state index contributed by atoms with van der Waals surface area (Å²) in [4.78, 5) is 32.1. The fourth-order valence-corrected chi connectivity index (χ4v) is 8.70. The Labute approximate surface area is 344 Å². The molecule has 5 aromatic heterocycles. The van der Waals surface area contributed by atoms with E-state index in [1.807, 2.05) is 104 Å². The molecule has 0 saturated carbocycles. The van der Waals surface area contributed by atoms with Crippen LogP contribution in [-0.4, -0.2) is 34.5 Å². The van der Waals surface area contributed by atoms with E-state index in [1.54, 1.807) is 0 Å². The molecule has 1 aliphatic heterocycles. The zero-order valence-electron chi connectivity index (χ0n) is 32.1. The summed E-state index contributed by atoms with van der Waals surface area (Å²) in [5, 5.41) is 4.34. The number of rotatable bonds is 6. The smallest absolute Gasteiger partial charge is 0.235 e. The van der Waals surface area contributed by atoms with Gasteiger partial charge < -0.3 is 0 Å². The molecular weight excluding hydrogens is 737 g/mol. The minimum absolute atomic E-state index is 0.570. The van der Waals surface area contributed by atoms with Crippen LogP contribution in [0.2, 0.25) is 0 Å². The number of hydrogen-bond donors (Lipinski definition) is 0. The summed E-state index contributed by atoms with van der Waals surface area (Å²) in [7, 11) is 0. The van der Waals surface area contributed by atoms with E-state index in [9.17, 15) is 0 Å². The van der Waals surface area contributed by atoms with E-state index in [-0.39, 0.29) is 0 Å². The molecule has 60 heavy (non-hydrogen) atoms. The van der Waals surface area contributed by atoms with Gasteiger partial charge in [-0.3, -0.25) is 19.4 Å². The maximum atomic E-state index is 5.26. The molecule has 0 bridgehead atoms. The number of fused-ring (bicyclic) bond motifs is 5. The van der Waals surface area contributed by atoms with Crippen LogP contribution in [0.25, 0.3) is 94.7 Å². The van der Waals surface area contributed by atoms with E-state index in [0.717, 1.165) is 100 Å². The van der Waals surface area contributed by atoms with Gasteiger partial charge in [0.15, 0.2) is 0 Å². The second-order valence-electron chi connectivity index (χ2n) is 14.8. The van der Waals surface area contributed by atoms with E-state index >= 15 is 0 Å². The molecule has 0 saturated heterocycles. The lowest BCUT2D eigenvalue weighted by Crippen LogP contribution is -2.18. The average molecular weight is 769 g/mol. The molecule has 8 heteroatoms. The lowest BCUT2D eigenvalue weighted by atomic mass is 9.87. The van der Waals surface area contributed by atoms with Gasteiger partial charge in [0.2, 0.25) is 11.9 Å². The van der Waals surface area contributed by atoms with Crippen LogP contribution < -0.4 is 4.90 Å². The lowest BCUT2D eigenvalue weighted by molar-refractivity contribution is 0.991. The van der Waals surface area contributed by atoms with Gasteiger partial charge in [0.05, 0.1) is 45.2 Å². The van der Waals surface area contributed by atoms with E-state index in [2.05, 4.69) is 100 Å². The van der Waals surface area contributed by atoms with Crippen molar-refractivity contribution in [2.75, 3.05) is 4.90 Å². The SMILES string of the molecule is c1ccc(-c2ccnc(N3c4cc5c(cc4-c4ccc(-c6ccccn6)c6cccc3c46)c3cc(-c4ccccn4)ccc3n5-c3nccc(-c4ccccc4)n3)n2)cc1. The molecule has 0 spiro atoms. The Morgan fingerprint density at radius 1 is 0.333 bits per heavy atom. The van der Waals surface area contributed by atoms with Gasteiger partial charge in [0.25, 0.3) is 0 Å². The van der Waals surface area contributed by atoms with Crippen molar-refractivity contribution in [2.45, 2.75) is 0 Å². The summed E-state index contributed by atoms with van der Waals surface area (Å²) < 4.78 is 2.18. The minimum atomic E-state index is 0.570. The first kappa shape index (κ1) is 33.7. The summed E-state index contributed by atoms with van der Waals surface area (Å²) in [5.41, 5.74) is 13.7. The molecule has 0 N–H and O–H groups in total. The maximum Gasteiger partial charge on any atom is 0.235 e. The minimum Gasteiger partial charge on any atom is -0.278 e. The summed E-state index contributed by atoms with van der Waals surface area (Å²) in [6.07, 6.45) is 7.37. The number of anilines is 3. The number of aromatic nitrogens is 7. The van der Waals surface area contributed by atoms with Crippen molar-refractivity contribution in [3.05, 3.63) is 195 Å². The van der Waals surface area contributed by atoms with Crippen LogP contribution in [0.15, 0.2) is 195 Å². The number of benzene rings is 6. The third-order valence-electron chi connectivity index (χ3n) is 11.4. The monoisotopic (exact) mass is 768 g/mol. The topological polar surface area (TPSA) is 85.5 Å². The van der Waals surface area contributed by atoms with Gasteiger partial charge in [-0.2, -0.15) is 0 Å². The molecule has 1 aliphatic rings. The van der Waals surface area contributed by atoms with Crippen molar-refractivity contribution in [3.63, 3.8) is 0 Å². The second kappa shape index (κ2) is 13.6. The first-order valence-corrected chi connectivity index (χ1v) is 19.9. The van der Waals surface area contributed by atoms with Gasteiger partial charge in [-0.05, 0) is 77.7 Å². The first-order valence-electron chi connectivity index (χ1n) is 19.9. The Morgan fingerprint density at radius 3 is 1.70 bits per heavy atom. The second-order valence-corrected chi connectivity index (χ2v) is 14.8. The molecule has 0 fully saturated rings. The highest BCUT2D eigenvalue weighted by molar-refractivity contribution is 6.20. The van der Waals surface area contributed by atoms with Crippen LogP contribution in [0.1, 0.15) is 0 Å². The van der Waals surface area contributed by atoms with Crippen LogP contribution >= 0.6 is 0 Å². The van der Waals surface area contributed by atoms with Crippen LogP contribution in [0.3, 0.4) is 0 Å². The predicted molar refractivity (Wildman–Crippen MR) is 240 cm³/mol. The van der Waals surface area contributed by atoms with Gasteiger partial charge in [-0.15, -0.1) is 0 Å². The molecule has 0 radical (unpaired) electrons. The average Bonchev–Trinajstić information content (AvgIpc) is 3.65. The number of hydrogen-bond acceptors (Lipinski definition) is 7. The fourth-order valence-electron chi connectivity index (χ4n) is 8.70. The van der Waals surface area contributed by atoms with E-state index < -0.39 is 0 Å². The quantitative estimate of drug-likeness (QED) is 0.166. The highest BCUT2D eigenvalue weighted by Gasteiger charge is 2.31. The summed E-state index contributed by atoms with van der Waals surface area (Å²) in [5.74, 6) is 1.15. The normalized spacial score (nSPS) is 12.0. The molecule has 0 aliphatic carbocycles. The van der Waals surface area contributed by atoms with Crippen LogP contribution in [-0.2, 0) is 0 Å². The van der Waals surface area contributed by atoms with E-state index in [4.69, 9.17) is 29.9 Å². The van der Waals surface area contributed by atoms with Gasteiger partial charge in [0.1, 0.15) is 0 Å². The molecule has 0 unspecified atom stereocenters. The highest BCUT2D eigenvalue weighted by atomic mass is 15.3. The Hall–Kier alpha value is -8.36. The zero-order chi connectivity index (χ0) is 39.6. The van der Waals surface area contributed by atoms with Crippen molar-refractivity contribution in [1.29, 1.82) is 0 Å². The summed E-state index contributed by atoms with van der Waals surface area (Å²) >= 11 is 0. The maximum absolute atomic E-state index is 5.26. The van der Waals surface area contributed by atoms with Crippen molar-refractivity contribution < 1.29 is 0 Å². The molecule has 280 valence electrons. The molecule has 8 nitrogen and oxygen atoms in total. The van der Waals surface area contributed by atoms with Crippen molar-refractivity contribution in [3.8, 4) is 62.1 Å². The van der Waals surface area contributed by atoms with Gasteiger partial charge in [0, 0.05) is 68.8 Å². The molecule has 0 amide bonds. The van der Waals surface area contributed by atoms with Crippen LogP contribution in [0.5, 0.6) is 0 Å². The standard InChI is InChI=1S/C52H32N8/c1-3-12-33(13-4-1)43-24-28-55-51(57-43)59-46-23-20-35(42-17-7-9-26-53-42)30-39(46)41-31-40-38-22-21-36(45-18-8-10-27-54-45)37-16-11-19-47(50(37)38)60(48(40)32-49(41)59)52-56-29-25-44(58-52)34-14-5-2-6-15-34/h1-32H.